The molecule has 0 aliphatic heterocycles. The number of aromatic nitrogens is 4. The van der Waals surface area contributed by atoms with E-state index in [-0.39, 0.29) is 5.91 Å². The molecule has 0 radical (unpaired) electrons. The number of halogens is 1. The van der Waals surface area contributed by atoms with Gasteiger partial charge in [-0.05, 0) is 85.0 Å². The Labute approximate surface area is 191 Å². The van der Waals surface area contributed by atoms with Gasteiger partial charge in [0.25, 0.3) is 0 Å². The second kappa shape index (κ2) is 8.64. The standard InChI is InChI=1S/C24H26ClN5O2/c1-32-19-8-5-15(6-9-19)20-10-7-18(14-21(20)22-27-29-30-28-22)26-23(31)24(11-12-24)16-3-2-4-17(25)13-16/h2-4,7,10,13-15,19H,5-6,8-9,11-12H2,1H3,(H,26,31)(H,27,28,29,30). The van der Waals surface area contributed by atoms with Crippen molar-refractivity contribution in [3.8, 4) is 11.4 Å². The van der Waals surface area contributed by atoms with E-state index in [1.807, 2.05) is 36.4 Å². The fourth-order valence-electron chi connectivity index (χ4n) is 4.88. The fourth-order valence-corrected chi connectivity index (χ4v) is 5.07. The van der Waals surface area contributed by atoms with Crippen LogP contribution in [0.25, 0.3) is 11.4 Å². The van der Waals surface area contributed by atoms with E-state index in [9.17, 15) is 4.79 Å². The normalized spacial score (nSPS) is 21.8. The average molecular weight is 452 g/mol. The predicted molar refractivity (Wildman–Crippen MR) is 123 cm³/mol. The fraction of sp³-hybridized carbons (Fsp3) is 0.417. The third-order valence-electron chi connectivity index (χ3n) is 6.91. The molecular formula is C24H26ClN5O2. The van der Waals surface area contributed by atoms with Gasteiger partial charge in [0, 0.05) is 23.4 Å². The first kappa shape index (κ1) is 21.1. The highest BCUT2D eigenvalue weighted by Crippen LogP contribution is 2.49. The zero-order valence-electron chi connectivity index (χ0n) is 18.0. The quantitative estimate of drug-likeness (QED) is 0.558. The van der Waals surface area contributed by atoms with Crippen molar-refractivity contribution in [3.05, 3.63) is 58.6 Å². The van der Waals surface area contributed by atoms with E-state index in [1.165, 1.54) is 5.56 Å². The van der Waals surface area contributed by atoms with Gasteiger partial charge >= 0.3 is 0 Å². The number of carbonyl (C=O) groups excluding carboxylic acids is 1. The number of hydrogen-bond acceptors (Lipinski definition) is 5. The lowest BCUT2D eigenvalue weighted by Crippen LogP contribution is -2.27. The lowest BCUT2D eigenvalue weighted by molar-refractivity contribution is -0.118. The monoisotopic (exact) mass is 451 g/mol. The number of aromatic amines is 1. The second-order valence-electron chi connectivity index (χ2n) is 8.79. The summed E-state index contributed by atoms with van der Waals surface area (Å²) in [6, 6.07) is 13.6. The summed E-state index contributed by atoms with van der Waals surface area (Å²) in [4.78, 5) is 13.2. The van der Waals surface area contributed by atoms with E-state index < -0.39 is 5.41 Å². The smallest absolute Gasteiger partial charge is 0.235 e. The van der Waals surface area contributed by atoms with Crippen LogP contribution in [-0.4, -0.2) is 39.7 Å². The van der Waals surface area contributed by atoms with Gasteiger partial charge in [-0.15, -0.1) is 10.2 Å². The first-order valence-electron chi connectivity index (χ1n) is 11.1. The van der Waals surface area contributed by atoms with Gasteiger partial charge in [0.15, 0.2) is 0 Å². The third-order valence-corrected chi connectivity index (χ3v) is 7.14. The molecule has 2 aliphatic rings. The highest BCUT2D eigenvalue weighted by atomic mass is 35.5. The van der Waals surface area contributed by atoms with E-state index in [2.05, 4.69) is 32.0 Å². The predicted octanol–water partition coefficient (Wildman–Crippen LogP) is 4.86. The third kappa shape index (κ3) is 4.02. The molecule has 0 bridgehead atoms. The van der Waals surface area contributed by atoms with Gasteiger partial charge in [-0.2, -0.15) is 5.21 Å². The molecule has 8 heteroatoms. The van der Waals surface area contributed by atoms with Gasteiger partial charge in [0.05, 0.1) is 11.5 Å². The Morgan fingerprint density at radius 1 is 1.16 bits per heavy atom. The molecule has 2 fully saturated rings. The number of hydrogen-bond donors (Lipinski definition) is 2. The number of anilines is 1. The molecule has 7 nitrogen and oxygen atoms in total. The SMILES string of the molecule is COC1CCC(c2ccc(NC(=O)C3(c4cccc(Cl)c4)CC3)cc2-c2nn[nH]n2)CC1. The Hall–Kier alpha value is -2.77. The van der Waals surface area contributed by atoms with E-state index >= 15 is 0 Å². The summed E-state index contributed by atoms with van der Waals surface area (Å²) in [5.74, 6) is 0.939. The molecule has 166 valence electrons. The number of methoxy groups -OCH3 is 1. The molecule has 5 rings (SSSR count). The number of carbonyl (C=O) groups is 1. The van der Waals surface area contributed by atoms with Crippen LogP contribution in [0.5, 0.6) is 0 Å². The van der Waals surface area contributed by atoms with Crippen molar-refractivity contribution in [1.29, 1.82) is 0 Å². The highest BCUT2D eigenvalue weighted by Gasteiger charge is 2.51. The van der Waals surface area contributed by atoms with Crippen molar-refractivity contribution in [2.24, 2.45) is 0 Å². The molecule has 0 saturated heterocycles. The Morgan fingerprint density at radius 2 is 1.97 bits per heavy atom. The number of rotatable bonds is 6. The Morgan fingerprint density at radius 3 is 2.62 bits per heavy atom. The van der Waals surface area contributed by atoms with Crippen LogP contribution < -0.4 is 5.32 Å². The van der Waals surface area contributed by atoms with Crippen LogP contribution in [0.4, 0.5) is 5.69 Å². The van der Waals surface area contributed by atoms with Crippen molar-refractivity contribution >= 4 is 23.2 Å². The summed E-state index contributed by atoms with van der Waals surface area (Å²) >= 11 is 6.17. The molecule has 0 atom stereocenters. The first-order valence-corrected chi connectivity index (χ1v) is 11.4. The van der Waals surface area contributed by atoms with E-state index in [4.69, 9.17) is 16.3 Å². The summed E-state index contributed by atoms with van der Waals surface area (Å²) in [7, 11) is 1.78. The summed E-state index contributed by atoms with van der Waals surface area (Å²) in [5.41, 5.74) is 3.29. The number of H-pyrrole nitrogens is 1. The van der Waals surface area contributed by atoms with Crippen LogP contribution in [0.3, 0.4) is 0 Å². The second-order valence-corrected chi connectivity index (χ2v) is 9.23. The van der Waals surface area contributed by atoms with Crippen LogP contribution in [0.15, 0.2) is 42.5 Å². The van der Waals surface area contributed by atoms with Crippen molar-refractivity contribution in [2.45, 2.75) is 56.0 Å². The largest absolute Gasteiger partial charge is 0.381 e. The maximum Gasteiger partial charge on any atom is 0.235 e. The maximum absolute atomic E-state index is 13.2. The van der Waals surface area contributed by atoms with Crippen molar-refractivity contribution < 1.29 is 9.53 Å². The van der Waals surface area contributed by atoms with Gasteiger partial charge in [0.2, 0.25) is 11.7 Å². The lowest BCUT2D eigenvalue weighted by Gasteiger charge is -2.29. The molecule has 0 spiro atoms. The summed E-state index contributed by atoms with van der Waals surface area (Å²) < 4.78 is 5.53. The van der Waals surface area contributed by atoms with Gasteiger partial charge in [-0.25, -0.2) is 0 Å². The lowest BCUT2D eigenvalue weighted by atomic mass is 9.80. The van der Waals surface area contributed by atoms with Crippen LogP contribution in [-0.2, 0) is 14.9 Å². The minimum absolute atomic E-state index is 0.00724. The molecule has 32 heavy (non-hydrogen) atoms. The van der Waals surface area contributed by atoms with Gasteiger partial charge in [0.1, 0.15) is 0 Å². The van der Waals surface area contributed by atoms with Crippen LogP contribution in [0, 0.1) is 0 Å². The Bertz CT molecular complexity index is 1110. The Balaban J connectivity index is 1.41. The topological polar surface area (TPSA) is 92.8 Å². The molecule has 2 saturated carbocycles. The number of nitrogens with zero attached hydrogens (tertiary/aromatic N) is 3. The number of benzene rings is 2. The van der Waals surface area contributed by atoms with Crippen LogP contribution in [0.1, 0.15) is 55.6 Å². The summed E-state index contributed by atoms with van der Waals surface area (Å²) in [5, 5.41) is 18.5. The maximum atomic E-state index is 13.2. The minimum Gasteiger partial charge on any atom is -0.381 e. The number of nitrogens with one attached hydrogen (secondary N) is 2. The summed E-state index contributed by atoms with van der Waals surface area (Å²) in [6.07, 6.45) is 6.13. The summed E-state index contributed by atoms with van der Waals surface area (Å²) in [6.45, 7) is 0. The van der Waals surface area contributed by atoms with Crippen molar-refractivity contribution in [3.63, 3.8) is 0 Å². The van der Waals surface area contributed by atoms with Gasteiger partial charge in [-0.1, -0.05) is 29.8 Å². The number of ether oxygens (including phenoxy) is 1. The molecule has 1 amide bonds. The van der Waals surface area contributed by atoms with Gasteiger partial charge in [-0.3, -0.25) is 4.79 Å². The minimum atomic E-state index is -0.506. The van der Waals surface area contributed by atoms with Crippen molar-refractivity contribution in [1.82, 2.24) is 20.6 Å². The van der Waals surface area contributed by atoms with Crippen molar-refractivity contribution in [2.75, 3.05) is 12.4 Å². The molecule has 1 aromatic heterocycles. The molecule has 1 heterocycles. The molecule has 2 aromatic carbocycles. The molecule has 2 aliphatic carbocycles. The molecule has 0 unspecified atom stereocenters. The molecule has 2 N–H and O–H groups in total. The number of amides is 1. The van der Waals surface area contributed by atoms with Crippen LogP contribution in [0.2, 0.25) is 5.02 Å². The highest BCUT2D eigenvalue weighted by molar-refractivity contribution is 6.30. The van der Waals surface area contributed by atoms with E-state index in [0.29, 0.717) is 22.9 Å². The number of tetrazole rings is 1. The van der Waals surface area contributed by atoms with Crippen LogP contribution >= 0.6 is 11.6 Å². The zero-order valence-corrected chi connectivity index (χ0v) is 18.7. The molecular weight excluding hydrogens is 426 g/mol. The van der Waals surface area contributed by atoms with Gasteiger partial charge < -0.3 is 10.1 Å². The van der Waals surface area contributed by atoms with E-state index in [0.717, 1.165) is 55.3 Å². The average Bonchev–Trinajstić information content (AvgIpc) is 3.46. The Kier molecular flexibility index (Phi) is 5.69. The first-order chi connectivity index (χ1) is 15.6. The zero-order chi connectivity index (χ0) is 22.1. The van der Waals surface area contributed by atoms with E-state index in [1.54, 1.807) is 7.11 Å². The molecule has 3 aromatic rings.